The Morgan fingerprint density at radius 3 is 2.67 bits per heavy atom. The van der Waals surface area contributed by atoms with Crippen LogP contribution in [0.5, 0.6) is 11.8 Å². The molecule has 1 unspecified atom stereocenters. The van der Waals surface area contributed by atoms with E-state index in [0.29, 0.717) is 36.5 Å². The second-order valence-electron chi connectivity index (χ2n) is 21.3. The van der Waals surface area contributed by atoms with E-state index < -0.39 is 53.0 Å². The summed E-state index contributed by atoms with van der Waals surface area (Å²) in [7, 11) is 0. The number of nitriles is 2. The van der Waals surface area contributed by atoms with Gasteiger partial charge in [-0.3, -0.25) is 19.1 Å². The summed E-state index contributed by atoms with van der Waals surface area (Å²) in [6.07, 6.45) is 0.436. The van der Waals surface area contributed by atoms with E-state index in [1.807, 2.05) is 30.0 Å². The molecule has 17 nitrogen and oxygen atoms in total. The highest BCUT2D eigenvalue weighted by Crippen LogP contribution is 2.47. The molecule has 0 aliphatic carbocycles. The van der Waals surface area contributed by atoms with Gasteiger partial charge in [-0.1, -0.05) is 38.1 Å². The zero-order valence-electron chi connectivity index (χ0n) is 43.9. The second-order valence-corrected chi connectivity index (χ2v) is 22.7. The third kappa shape index (κ3) is 8.22. The molecule has 0 saturated carbocycles. The number of pyridine rings is 2. The Labute approximate surface area is 465 Å². The minimum Gasteiger partial charge on any atom is -0.486 e. The van der Waals surface area contributed by atoms with E-state index in [1.165, 1.54) is 12.1 Å². The lowest BCUT2D eigenvalue weighted by molar-refractivity contribution is -0.331. The number of ether oxygens (including phenoxy) is 3. The van der Waals surface area contributed by atoms with Crippen molar-refractivity contribution in [2.75, 3.05) is 50.0 Å². The molecule has 3 fully saturated rings. The normalized spacial score (nSPS) is 21.7. The standard InChI is InChI=1S/C58H52ClF3N10O7S/c1-5-33-35-18-32(8-11-43(35)66-48-38(33)25-72-44(48)20-40-39(54(72)74)26-77-55(75)58(40,76)6-2)79-29(4)28(3)53(73)71-17-16-69(24-31(71)12-14-63)52-36-19-41(59)46(34-9-10-42(61)50-45(34)37(22-64)51(65)80-50)47(62)49(36)67-56(68-52)78-27-57-13-7-15-70(57)23-30(60)21-57/h8-11,18-20,29-31,76H,3,5-7,12-13,15-17,21,23-27,65H2,1-2,4H3/p+1/t29?,30-,31+,57+,58+/m1/s1. The number of thiophene rings is 1. The molecule has 9 heterocycles. The molecule has 3 aromatic carbocycles. The van der Waals surface area contributed by atoms with Crippen LogP contribution in [0.3, 0.4) is 0 Å². The van der Waals surface area contributed by atoms with Crippen LogP contribution in [0.15, 0.2) is 59.4 Å². The summed E-state index contributed by atoms with van der Waals surface area (Å²) in [5.41, 5.74) is 7.46. The zero-order valence-corrected chi connectivity index (χ0v) is 45.4. The minimum absolute atomic E-state index is 0.0242. The number of nitrogens with one attached hydrogen (secondary N) is 1. The van der Waals surface area contributed by atoms with Gasteiger partial charge in [-0.25, -0.2) is 22.9 Å². The fourth-order valence-electron chi connectivity index (χ4n) is 12.8. The smallest absolute Gasteiger partial charge is 0.343 e. The molecule has 0 radical (unpaired) electrons. The molecule has 0 spiro atoms. The lowest BCUT2D eigenvalue weighted by Crippen LogP contribution is -2.56. The first-order valence-corrected chi connectivity index (χ1v) is 27.7. The number of anilines is 2. The van der Waals surface area contributed by atoms with Gasteiger partial charge in [0.25, 0.3) is 11.5 Å². The van der Waals surface area contributed by atoms with Gasteiger partial charge in [-0.05, 0) is 80.6 Å². The number of amides is 1. The van der Waals surface area contributed by atoms with E-state index in [-0.39, 0.29) is 147 Å². The van der Waals surface area contributed by atoms with Crippen LogP contribution in [0.4, 0.5) is 24.0 Å². The van der Waals surface area contributed by atoms with E-state index in [2.05, 4.69) is 27.5 Å². The minimum atomic E-state index is -1.95. The number of hydrogen-bond acceptors (Lipinski definition) is 15. The van der Waals surface area contributed by atoms with Crippen molar-refractivity contribution >= 4 is 77.5 Å². The predicted molar refractivity (Wildman–Crippen MR) is 293 cm³/mol. The Morgan fingerprint density at radius 1 is 1.10 bits per heavy atom. The third-order valence-corrected chi connectivity index (χ3v) is 18.3. The largest absolute Gasteiger partial charge is 0.486 e. The number of nitrogens with two attached hydrogens (primary N) is 1. The van der Waals surface area contributed by atoms with Gasteiger partial charge in [-0.2, -0.15) is 20.5 Å². The number of aromatic amines is 1. The number of aryl methyl sites for hydroxylation is 1. The maximum atomic E-state index is 17.6. The molecule has 5 atom stereocenters. The third-order valence-electron chi connectivity index (χ3n) is 16.9. The summed E-state index contributed by atoms with van der Waals surface area (Å²) in [4.78, 5) is 59.6. The van der Waals surface area contributed by atoms with E-state index in [9.17, 15) is 34.4 Å². The molecule has 4 aromatic heterocycles. The van der Waals surface area contributed by atoms with E-state index in [4.69, 9.17) is 36.5 Å². The van der Waals surface area contributed by atoms with Crippen molar-refractivity contribution in [3.63, 3.8) is 0 Å². The molecule has 12 rings (SSSR count). The Hall–Kier alpha value is -7.82. The summed E-state index contributed by atoms with van der Waals surface area (Å²) < 4.78 is 67.4. The van der Waals surface area contributed by atoms with Gasteiger partial charge in [0.1, 0.15) is 65.2 Å². The second kappa shape index (κ2) is 19.8. The van der Waals surface area contributed by atoms with Gasteiger partial charge in [0.2, 0.25) is 11.2 Å². The molecule has 410 valence electrons. The molecule has 5 aliphatic rings. The quantitative estimate of drug-likeness (QED) is 0.0869. The summed E-state index contributed by atoms with van der Waals surface area (Å²) >= 11 is 7.87. The van der Waals surface area contributed by atoms with E-state index >= 15 is 8.78 Å². The van der Waals surface area contributed by atoms with Crippen molar-refractivity contribution in [1.29, 1.82) is 10.5 Å². The van der Waals surface area contributed by atoms with Crippen LogP contribution < -0.4 is 30.7 Å². The Balaban J connectivity index is 0.829. The number of carbonyl (C=O) groups is 2. The topological polar surface area (TPSA) is 227 Å². The summed E-state index contributed by atoms with van der Waals surface area (Å²) in [6.45, 7) is 10.9. The maximum Gasteiger partial charge on any atom is 0.343 e. The highest BCUT2D eigenvalue weighted by atomic mass is 35.5. The number of aromatic nitrogens is 4. The first kappa shape index (κ1) is 52.9. The van der Waals surface area contributed by atoms with Crippen LogP contribution in [0, 0.1) is 34.3 Å². The highest BCUT2D eigenvalue weighted by molar-refractivity contribution is 7.23. The number of benzene rings is 3. The molecule has 1 amide bonds. The lowest BCUT2D eigenvalue weighted by Gasteiger charge is -2.42. The number of halogens is 4. The molecule has 80 heavy (non-hydrogen) atoms. The number of nitrogen functional groups attached to an aromatic ring is 1. The van der Waals surface area contributed by atoms with Crippen LogP contribution in [0.25, 0.3) is 54.4 Å². The van der Waals surface area contributed by atoms with Crippen LogP contribution in [-0.2, 0) is 39.5 Å². The van der Waals surface area contributed by atoms with Crippen molar-refractivity contribution in [1.82, 2.24) is 24.3 Å². The number of hydrogen-bond donors (Lipinski definition) is 2. The molecule has 22 heteroatoms. The number of nitrogens with zero attached hydrogens (tertiary/aromatic N) is 8. The number of carbonyl (C=O) groups excluding carboxylic acids is 2. The number of aliphatic hydroxyl groups is 1. The van der Waals surface area contributed by atoms with Gasteiger partial charge >= 0.3 is 12.0 Å². The molecule has 5 aliphatic heterocycles. The van der Waals surface area contributed by atoms with Crippen LogP contribution in [-0.4, -0.2) is 105 Å². The van der Waals surface area contributed by atoms with Crippen molar-refractivity contribution in [3.05, 3.63) is 109 Å². The molecular formula is C58H53ClF3N10O7S+. The number of alkyl halides is 1. The molecule has 4 N–H and O–H groups in total. The van der Waals surface area contributed by atoms with Gasteiger partial charge in [0.05, 0.1) is 56.9 Å². The maximum absolute atomic E-state index is 17.6. The summed E-state index contributed by atoms with van der Waals surface area (Å²) in [5.74, 6) is -2.13. The highest BCUT2D eigenvalue weighted by Gasteiger charge is 2.50. The Bertz CT molecular complexity index is 4010. The first-order valence-electron chi connectivity index (χ1n) is 26.5. The van der Waals surface area contributed by atoms with Gasteiger partial charge in [0, 0.05) is 71.7 Å². The van der Waals surface area contributed by atoms with Gasteiger partial charge in [0.15, 0.2) is 11.4 Å². The van der Waals surface area contributed by atoms with Crippen molar-refractivity contribution in [2.45, 2.75) is 102 Å². The Kier molecular flexibility index (Phi) is 13.1. The van der Waals surface area contributed by atoms with Crippen molar-refractivity contribution < 1.29 is 47.1 Å². The molecule has 3 saturated heterocycles. The molecule has 7 aromatic rings. The average Bonchev–Trinajstić information content (AvgIpc) is 3.66. The Morgan fingerprint density at radius 2 is 1.91 bits per heavy atom. The van der Waals surface area contributed by atoms with Crippen LogP contribution in [0.2, 0.25) is 5.02 Å². The fraction of sp³-hybridized carbons (Fsp3) is 0.379. The van der Waals surface area contributed by atoms with Crippen molar-refractivity contribution in [2.24, 2.45) is 0 Å². The van der Waals surface area contributed by atoms with Gasteiger partial charge in [-0.15, -0.1) is 11.3 Å². The first-order chi connectivity index (χ1) is 38.4. The molecular weight excluding hydrogens is 1070 g/mol. The SMILES string of the molecule is C=C(C(=O)N1CCN(c2nc(OC[C@@]34CCCN3C[C@H](F)C4)nc3c(F)c(-c4ccc(F)c5sc(N)c(C#N)c45)c(Cl)cc23)C[C@@H]1CC#N)C(C)Oc1ccc2[nH+]c3c(c(CC)c2c1)Cn1c-3cc2c(c1=O)COC(=O)[C@]2(O)CC. The lowest BCUT2D eigenvalue weighted by atomic mass is 9.86. The number of rotatable bonds is 12. The summed E-state index contributed by atoms with van der Waals surface area (Å²) in [6, 6.07) is 14.5. The van der Waals surface area contributed by atoms with Crippen molar-refractivity contribution in [3.8, 4) is 46.4 Å². The van der Waals surface area contributed by atoms with Gasteiger partial charge < -0.3 is 34.9 Å². The van der Waals surface area contributed by atoms with Crippen LogP contribution in [0.1, 0.15) is 80.7 Å². The number of piperazine rings is 1. The number of esters is 1. The van der Waals surface area contributed by atoms with E-state index in [1.54, 1.807) is 35.4 Å². The predicted octanol–water partition coefficient (Wildman–Crippen LogP) is 8.18. The van der Waals surface area contributed by atoms with Crippen LogP contribution >= 0.6 is 22.9 Å². The summed E-state index contributed by atoms with van der Waals surface area (Å²) in [5, 5.41) is 32.7. The fourth-order valence-corrected chi connectivity index (χ4v) is 14.0. The monoisotopic (exact) mass is 1130 g/mol. The average molecular weight is 1130 g/mol. The molecule has 0 bridgehead atoms. The zero-order chi connectivity index (χ0) is 56.3. The van der Waals surface area contributed by atoms with E-state index in [0.717, 1.165) is 45.9 Å². The number of fused-ring (bicyclic) bond motifs is 8. The number of cyclic esters (lactones) is 1. The number of H-pyrrole nitrogens is 1.